The van der Waals surface area contributed by atoms with Crippen molar-refractivity contribution in [1.82, 2.24) is 19.9 Å². The van der Waals surface area contributed by atoms with Crippen molar-refractivity contribution < 1.29 is 4.42 Å². The zero-order valence-corrected chi connectivity index (χ0v) is 25.3. The average molecular weight is 609 g/mol. The SMILES string of the molecule is c1ccc(-c2nc(-c3ccccc3)nc(-c3cccc4sc5ccc(-c6cccc7oc(-c8ccccc8)nc67)cc5c34)n2)cc1. The second-order valence-corrected chi connectivity index (χ2v) is 12.2. The highest BCUT2D eigenvalue weighted by atomic mass is 32.1. The van der Waals surface area contributed by atoms with Gasteiger partial charge in [-0.3, -0.25) is 0 Å². The van der Waals surface area contributed by atoms with E-state index in [-0.39, 0.29) is 0 Å². The van der Waals surface area contributed by atoms with Gasteiger partial charge in [-0.05, 0) is 42.0 Å². The lowest BCUT2D eigenvalue weighted by atomic mass is 9.99. The van der Waals surface area contributed by atoms with Gasteiger partial charge < -0.3 is 4.42 Å². The van der Waals surface area contributed by atoms with Gasteiger partial charge >= 0.3 is 0 Å². The first-order valence-corrected chi connectivity index (χ1v) is 15.9. The number of fused-ring (bicyclic) bond motifs is 4. The molecule has 0 bridgehead atoms. The summed E-state index contributed by atoms with van der Waals surface area (Å²) in [4.78, 5) is 19.9. The Hall–Kier alpha value is -5.98. The maximum Gasteiger partial charge on any atom is 0.227 e. The van der Waals surface area contributed by atoms with Crippen molar-refractivity contribution in [2.45, 2.75) is 0 Å². The largest absolute Gasteiger partial charge is 0.436 e. The summed E-state index contributed by atoms with van der Waals surface area (Å²) in [5.74, 6) is 2.56. The lowest BCUT2D eigenvalue weighted by Gasteiger charge is -2.10. The Bertz CT molecular complexity index is 2470. The maximum atomic E-state index is 6.20. The Morgan fingerprint density at radius 1 is 0.435 bits per heavy atom. The number of rotatable bonds is 5. The Labute approximate surface area is 268 Å². The van der Waals surface area contributed by atoms with Gasteiger partial charge in [0.2, 0.25) is 5.89 Å². The van der Waals surface area contributed by atoms with E-state index in [1.54, 1.807) is 11.3 Å². The van der Waals surface area contributed by atoms with Crippen LogP contribution in [-0.4, -0.2) is 19.9 Å². The first-order valence-electron chi connectivity index (χ1n) is 15.1. The van der Waals surface area contributed by atoms with Crippen LogP contribution in [0, 0.1) is 0 Å². The molecule has 0 amide bonds. The van der Waals surface area contributed by atoms with Crippen LogP contribution in [0.25, 0.3) is 88.0 Å². The molecule has 5 nitrogen and oxygen atoms in total. The van der Waals surface area contributed by atoms with Crippen LogP contribution in [0.5, 0.6) is 0 Å². The van der Waals surface area contributed by atoms with E-state index in [2.05, 4.69) is 42.5 Å². The number of nitrogens with zero attached hydrogens (tertiary/aromatic N) is 4. The van der Waals surface area contributed by atoms with E-state index in [4.69, 9.17) is 24.4 Å². The van der Waals surface area contributed by atoms with Gasteiger partial charge in [0.25, 0.3) is 0 Å². The topological polar surface area (TPSA) is 64.7 Å². The van der Waals surface area contributed by atoms with Gasteiger partial charge in [-0.2, -0.15) is 0 Å². The number of aromatic nitrogens is 4. The predicted molar refractivity (Wildman–Crippen MR) is 187 cm³/mol. The number of benzene rings is 6. The third-order valence-electron chi connectivity index (χ3n) is 8.19. The molecule has 0 aliphatic carbocycles. The molecule has 0 saturated carbocycles. The number of para-hydroxylation sites is 1. The van der Waals surface area contributed by atoms with Crippen LogP contribution in [0.1, 0.15) is 0 Å². The van der Waals surface area contributed by atoms with Crippen LogP contribution in [0.4, 0.5) is 0 Å². The molecule has 3 heterocycles. The van der Waals surface area contributed by atoms with E-state index >= 15 is 0 Å². The zero-order chi connectivity index (χ0) is 30.5. The van der Waals surface area contributed by atoms with Gasteiger partial charge in [0.15, 0.2) is 23.1 Å². The summed E-state index contributed by atoms with van der Waals surface area (Å²) < 4.78 is 8.58. The second kappa shape index (κ2) is 10.9. The molecule has 9 rings (SSSR count). The molecule has 0 atom stereocenters. The molecule has 216 valence electrons. The van der Waals surface area contributed by atoms with Crippen LogP contribution in [0.15, 0.2) is 150 Å². The van der Waals surface area contributed by atoms with Gasteiger partial charge in [0.1, 0.15) is 5.52 Å². The summed E-state index contributed by atoms with van der Waals surface area (Å²) in [5, 5.41) is 2.28. The highest BCUT2D eigenvalue weighted by Gasteiger charge is 2.18. The highest BCUT2D eigenvalue weighted by Crippen LogP contribution is 2.42. The molecular weight excluding hydrogens is 585 g/mol. The van der Waals surface area contributed by atoms with Gasteiger partial charge in [-0.25, -0.2) is 19.9 Å². The Morgan fingerprint density at radius 3 is 1.74 bits per heavy atom. The molecule has 0 aliphatic heterocycles. The van der Waals surface area contributed by atoms with Gasteiger partial charge in [0.05, 0.1) is 0 Å². The van der Waals surface area contributed by atoms with Crippen LogP contribution in [0.2, 0.25) is 0 Å². The molecule has 0 radical (unpaired) electrons. The van der Waals surface area contributed by atoms with Crippen LogP contribution < -0.4 is 0 Å². The average Bonchev–Trinajstić information content (AvgIpc) is 3.74. The quantitative estimate of drug-likeness (QED) is 0.194. The molecule has 0 saturated heterocycles. The van der Waals surface area contributed by atoms with Crippen LogP contribution >= 0.6 is 11.3 Å². The molecule has 6 aromatic carbocycles. The minimum Gasteiger partial charge on any atom is -0.436 e. The van der Waals surface area contributed by atoms with Crippen molar-refractivity contribution >= 4 is 42.6 Å². The van der Waals surface area contributed by atoms with E-state index in [0.29, 0.717) is 23.4 Å². The normalized spacial score (nSPS) is 11.5. The van der Waals surface area contributed by atoms with E-state index < -0.39 is 0 Å². The summed E-state index contributed by atoms with van der Waals surface area (Å²) in [5.41, 5.74) is 7.54. The highest BCUT2D eigenvalue weighted by molar-refractivity contribution is 7.26. The number of oxazole rings is 1. The summed E-state index contributed by atoms with van der Waals surface area (Å²) in [6, 6.07) is 49.3. The lowest BCUT2D eigenvalue weighted by molar-refractivity contribution is 0.620. The summed E-state index contributed by atoms with van der Waals surface area (Å²) in [6.45, 7) is 0. The number of hydrogen-bond acceptors (Lipinski definition) is 6. The van der Waals surface area contributed by atoms with Crippen molar-refractivity contribution in [3.63, 3.8) is 0 Å². The molecule has 9 aromatic rings. The van der Waals surface area contributed by atoms with Crippen molar-refractivity contribution in [3.05, 3.63) is 146 Å². The van der Waals surface area contributed by atoms with E-state index in [9.17, 15) is 0 Å². The predicted octanol–water partition coefficient (Wildman–Crippen LogP) is 10.7. The molecule has 46 heavy (non-hydrogen) atoms. The third kappa shape index (κ3) is 4.55. The van der Waals surface area contributed by atoms with Crippen molar-refractivity contribution in [3.8, 4) is 56.7 Å². The third-order valence-corrected chi connectivity index (χ3v) is 9.32. The molecule has 0 aliphatic rings. The standard InChI is InChI=1S/C40H24N4OS/c1-4-12-25(13-5-1)37-42-38(26-14-6-2-7-15-26)44-39(43-37)30-19-11-21-34-35(30)31-24-28(22-23-33(31)46-34)29-18-10-20-32-36(29)41-40(45-32)27-16-8-3-9-17-27/h1-24H. The van der Waals surface area contributed by atoms with E-state index in [1.165, 1.54) is 9.40 Å². The van der Waals surface area contributed by atoms with Crippen LogP contribution in [-0.2, 0) is 0 Å². The Kier molecular flexibility index (Phi) is 6.25. The molecule has 0 spiro atoms. The monoisotopic (exact) mass is 608 g/mol. The summed E-state index contributed by atoms with van der Waals surface area (Å²) in [7, 11) is 0. The molecule has 6 heteroatoms. The Balaban J connectivity index is 1.24. The molecule has 0 fully saturated rings. The Morgan fingerprint density at radius 2 is 1.04 bits per heavy atom. The summed E-state index contributed by atoms with van der Waals surface area (Å²) >= 11 is 1.78. The van der Waals surface area contributed by atoms with Crippen LogP contribution in [0.3, 0.4) is 0 Å². The van der Waals surface area contributed by atoms with E-state index in [0.717, 1.165) is 55.3 Å². The van der Waals surface area contributed by atoms with E-state index in [1.807, 2.05) is 103 Å². The minimum absolute atomic E-state index is 0.616. The van der Waals surface area contributed by atoms with Gasteiger partial charge in [0, 0.05) is 48.0 Å². The molecular formula is C40H24N4OS. The van der Waals surface area contributed by atoms with Gasteiger partial charge in [-0.15, -0.1) is 11.3 Å². The number of hydrogen-bond donors (Lipinski definition) is 0. The fraction of sp³-hybridized carbons (Fsp3) is 0. The molecule has 3 aromatic heterocycles. The molecule has 0 unspecified atom stereocenters. The summed E-state index contributed by atoms with van der Waals surface area (Å²) in [6.07, 6.45) is 0. The number of thiophene rings is 1. The smallest absolute Gasteiger partial charge is 0.227 e. The molecule has 0 N–H and O–H groups in total. The fourth-order valence-electron chi connectivity index (χ4n) is 6.00. The van der Waals surface area contributed by atoms with Crippen molar-refractivity contribution in [1.29, 1.82) is 0 Å². The lowest BCUT2D eigenvalue weighted by Crippen LogP contribution is -2.00. The first-order chi connectivity index (χ1) is 22.8. The fourth-order valence-corrected chi connectivity index (χ4v) is 7.11. The zero-order valence-electron chi connectivity index (χ0n) is 24.5. The minimum atomic E-state index is 0.616. The van der Waals surface area contributed by atoms with Gasteiger partial charge in [-0.1, -0.05) is 109 Å². The second-order valence-electron chi connectivity index (χ2n) is 11.1. The van der Waals surface area contributed by atoms with Crippen molar-refractivity contribution in [2.24, 2.45) is 0 Å². The van der Waals surface area contributed by atoms with Crippen molar-refractivity contribution in [2.75, 3.05) is 0 Å². The maximum absolute atomic E-state index is 6.20. The first kappa shape index (κ1) is 26.4.